The number of halogens is 1. The van der Waals surface area contributed by atoms with Crippen LogP contribution in [0.2, 0.25) is 5.02 Å². The zero-order chi connectivity index (χ0) is 13.1. The Kier molecular flexibility index (Phi) is 3.84. The maximum absolute atomic E-state index is 5.95. The SMILES string of the molecule is CCC(N)c1noc(-c2cc(Cl)ccc2OC)n1. The summed E-state index contributed by atoms with van der Waals surface area (Å²) >= 11 is 5.95. The summed E-state index contributed by atoms with van der Waals surface area (Å²) in [4.78, 5) is 4.26. The summed E-state index contributed by atoms with van der Waals surface area (Å²) in [5, 5.41) is 4.43. The fraction of sp³-hybridized carbons (Fsp3) is 0.333. The lowest BCUT2D eigenvalue weighted by Crippen LogP contribution is -2.10. The normalized spacial score (nSPS) is 12.4. The van der Waals surface area contributed by atoms with Gasteiger partial charge in [-0.1, -0.05) is 23.7 Å². The third-order valence-corrected chi connectivity index (χ3v) is 2.84. The lowest BCUT2D eigenvalue weighted by molar-refractivity contribution is 0.400. The van der Waals surface area contributed by atoms with Crippen molar-refractivity contribution >= 4 is 11.6 Å². The third-order valence-electron chi connectivity index (χ3n) is 2.61. The molecule has 1 atom stereocenters. The smallest absolute Gasteiger partial charge is 0.261 e. The first kappa shape index (κ1) is 12.9. The maximum Gasteiger partial charge on any atom is 0.261 e. The molecule has 0 radical (unpaired) electrons. The van der Waals surface area contributed by atoms with Crippen molar-refractivity contribution in [2.24, 2.45) is 5.73 Å². The van der Waals surface area contributed by atoms with E-state index in [2.05, 4.69) is 10.1 Å². The fourth-order valence-electron chi connectivity index (χ4n) is 1.52. The van der Waals surface area contributed by atoms with Crippen molar-refractivity contribution in [3.8, 4) is 17.2 Å². The van der Waals surface area contributed by atoms with Crippen LogP contribution in [0.15, 0.2) is 22.7 Å². The number of aromatic nitrogens is 2. The summed E-state index contributed by atoms with van der Waals surface area (Å²) in [5.74, 6) is 1.46. The average Bonchev–Trinajstić information content (AvgIpc) is 2.87. The molecule has 2 aromatic rings. The van der Waals surface area contributed by atoms with Crippen LogP contribution in [0.5, 0.6) is 5.75 Å². The van der Waals surface area contributed by atoms with E-state index in [4.69, 9.17) is 26.6 Å². The van der Waals surface area contributed by atoms with Gasteiger partial charge in [-0.05, 0) is 24.6 Å². The molecule has 0 aliphatic carbocycles. The monoisotopic (exact) mass is 267 g/mol. The summed E-state index contributed by atoms with van der Waals surface area (Å²) in [6.45, 7) is 1.96. The largest absolute Gasteiger partial charge is 0.496 e. The molecule has 0 aliphatic heterocycles. The van der Waals surface area contributed by atoms with Crippen molar-refractivity contribution in [1.29, 1.82) is 0 Å². The van der Waals surface area contributed by atoms with E-state index >= 15 is 0 Å². The molecule has 0 saturated heterocycles. The van der Waals surface area contributed by atoms with Gasteiger partial charge < -0.3 is 15.0 Å². The second kappa shape index (κ2) is 5.37. The van der Waals surface area contributed by atoms with Crippen LogP contribution in [0.3, 0.4) is 0 Å². The van der Waals surface area contributed by atoms with Gasteiger partial charge in [-0.2, -0.15) is 4.98 Å². The van der Waals surface area contributed by atoms with Crippen molar-refractivity contribution in [3.05, 3.63) is 29.0 Å². The number of nitrogens with zero attached hydrogens (tertiary/aromatic N) is 2. The van der Waals surface area contributed by atoms with E-state index in [-0.39, 0.29) is 6.04 Å². The second-order valence-corrected chi connectivity index (χ2v) is 4.25. The van der Waals surface area contributed by atoms with Crippen LogP contribution in [0.25, 0.3) is 11.5 Å². The topological polar surface area (TPSA) is 74.2 Å². The molecule has 0 saturated carbocycles. The van der Waals surface area contributed by atoms with Crippen LogP contribution in [-0.2, 0) is 0 Å². The van der Waals surface area contributed by atoms with Gasteiger partial charge in [0.15, 0.2) is 5.82 Å². The average molecular weight is 268 g/mol. The highest BCUT2D eigenvalue weighted by molar-refractivity contribution is 6.30. The standard InChI is InChI=1S/C12H14ClN3O2/c1-3-9(14)11-15-12(18-16-11)8-6-7(13)4-5-10(8)17-2/h4-6,9H,3,14H2,1-2H3. The molecule has 2 N–H and O–H groups in total. The quantitative estimate of drug-likeness (QED) is 0.922. The molecule has 0 fully saturated rings. The molecule has 0 aliphatic rings. The molecule has 1 unspecified atom stereocenters. The molecule has 2 rings (SSSR count). The Bertz CT molecular complexity index is 542. The van der Waals surface area contributed by atoms with Crippen molar-refractivity contribution < 1.29 is 9.26 Å². The summed E-state index contributed by atoms with van der Waals surface area (Å²) in [5.41, 5.74) is 6.50. The Hall–Kier alpha value is -1.59. The van der Waals surface area contributed by atoms with Crippen LogP contribution in [-0.4, -0.2) is 17.3 Å². The number of benzene rings is 1. The number of nitrogens with two attached hydrogens (primary N) is 1. The fourth-order valence-corrected chi connectivity index (χ4v) is 1.70. The van der Waals surface area contributed by atoms with E-state index in [0.29, 0.717) is 28.1 Å². The minimum atomic E-state index is -0.229. The van der Waals surface area contributed by atoms with Crippen molar-refractivity contribution in [2.75, 3.05) is 7.11 Å². The molecular formula is C12H14ClN3O2. The van der Waals surface area contributed by atoms with Gasteiger partial charge in [0.25, 0.3) is 5.89 Å². The molecule has 1 heterocycles. The number of rotatable bonds is 4. The number of methoxy groups -OCH3 is 1. The predicted octanol–water partition coefficient (Wildman–Crippen LogP) is 2.81. The van der Waals surface area contributed by atoms with Crippen LogP contribution in [0.4, 0.5) is 0 Å². The molecule has 1 aromatic carbocycles. The highest BCUT2D eigenvalue weighted by atomic mass is 35.5. The predicted molar refractivity (Wildman–Crippen MR) is 68.5 cm³/mol. The maximum atomic E-state index is 5.95. The van der Waals surface area contributed by atoms with Crippen LogP contribution >= 0.6 is 11.6 Å². The number of hydrogen-bond donors (Lipinski definition) is 1. The molecule has 6 heteroatoms. The zero-order valence-electron chi connectivity index (χ0n) is 10.2. The third kappa shape index (κ3) is 2.47. The van der Waals surface area contributed by atoms with Crippen LogP contribution in [0, 0.1) is 0 Å². The Labute approximate surface area is 110 Å². The molecule has 0 spiro atoms. The van der Waals surface area contributed by atoms with Gasteiger partial charge in [0.1, 0.15) is 5.75 Å². The van der Waals surface area contributed by atoms with E-state index in [1.54, 1.807) is 25.3 Å². The Balaban J connectivity index is 2.42. The summed E-state index contributed by atoms with van der Waals surface area (Å²) in [7, 11) is 1.57. The first-order valence-corrected chi connectivity index (χ1v) is 5.96. The number of hydrogen-bond acceptors (Lipinski definition) is 5. The van der Waals surface area contributed by atoms with Crippen molar-refractivity contribution in [1.82, 2.24) is 10.1 Å². The van der Waals surface area contributed by atoms with Crippen molar-refractivity contribution in [2.45, 2.75) is 19.4 Å². The molecule has 18 heavy (non-hydrogen) atoms. The van der Waals surface area contributed by atoms with Gasteiger partial charge in [0.05, 0.1) is 18.7 Å². The van der Waals surface area contributed by atoms with Gasteiger partial charge in [-0.3, -0.25) is 0 Å². The Morgan fingerprint density at radius 3 is 2.94 bits per heavy atom. The molecular weight excluding hydrogens is 254 g/mol. The first-order valence-electron chi connectivity index (χ1n) is 5.58. The first-order chi connectivity index (χ1) is 8.65. The van der Waals surface area contributed by atoms with Crippen LogP contribution in [0.1, 0.15) is 25.2 Å². The van der Waals surface area contributed by atoms with E-state index in [0.717, 1.165) is 6.42 Å². The van der Waals surface area contributed by atoms with Gasteiger partial charge in [0, 0.05) is 5.02 Å². The van der Waals surface area contributed by atoms with Gasteiger partial charge >= 0.3 is 0 Å². The van der Waals surface area contributed by atoms with Gasteiger partial charge in [-0.15, -0.1) is 0 Å². The lowest BCUT2D eigenvalue weighted by Gasteiger charge is -2.04. The van der Waals surface area contributed by atoms with E-state index in [9.17, 15) is 0 Å². The summed E-state index contributed by atoms with van der Waals surface area (Å²) < 4.78 is 10.4. The summed E-state index contributed by atoms with van der Waals surface area (Å²) in [6.07, 6.45) is 0.742. The van der Waals surface area contributed by atoms with Crippen LogP contribution < -0.4 is 10.5 Å². The van der Waals surface area contributed by atoms with Crippen molar-refractivity contribution in [3.63, 3.8) is 0 Å². The van der Waals surface area contributed by atoms with Gasteiger partial charge in [-0.25, -0.2) is 0 Å². The molecule has 0 amide bonds. The zero-order valence-corrected chi connectivity index (χ0v) is 10.9. The minimum Gasteiger partial charge on any atom is -0.496 e. The van der Waals surface area contributed by atoms with E-state index < -0.39 is 0 Å². The molecule has 96 valence electrons. The molecule has 0 bridgehead atoms. The summed E-state index contributed by atoms with van der Waals surface area (Å²) in [6, 6.07) is 4.97. The molecule has 1 aromatic heterocycles. The van der Waals surface area contributed by atoms with Gasteiger partial charge in [0.2, 0.25) is 0 Å². The highest BCUT2D eigenvalue weighted by Crippen LogP contribution is 2.31. The Morgan fingerprint density at radius 1 is 1.50 bits per heavy atom. The van der Waals surface area contributed by atoms with E-state index in [1.165, 1.54) is 0 Å². The lowest BCUT2D eigenvalue weighted by atomic mass is 10.2. The van der Waals surface area contributed by atoms with E-state index in [1.807, 2.05) is 6.92 Å². The second-order valence-electron chi connectivity index (χ2n) is 3.82. The number of ether oxygens (including phenoxy) is 1. The highest BCUT2D eigenvalue weighted by Gasteiger charge is 2.17. The Morgan fingerprint density at radius 2 is 2.28 bits per heavy atom. The molecule has 5 nitrogen and oxygen atoms in total. The minimum absolute atomic E-state index is 0.229.